The molecule has 0 saturated carbocycles. The lowest BCUT2D eigenvalue weighted by molar-refractivity contribution is 0.187. The average Bonchev–Trinajstić information content (AvgIpc) is 2.27. The first-order valence-corrected chi connectivity index (χ1v) is 7.97. The average molecular weight is 390 g/mol. The van der Waals surface area contributed by atoms with Crippen LogP contribution in [-0.2, 0) is 9.84 Å². The first-order chi connectivity index (χ1) is 7.72. The molecule has 0 aliphatic rings. The number of rotatable bonds is 4. The molecule has 0 heterocycles. The van der Waals surface area contributed by atoms with Crippen molar-refractivity contribution in [3.8, 4) is 0 Å². The van der Waals surface area contributed by atoms with E-state index in [1.165, 1.54) is 13.0 Å². The van der Waals surface area contributed by atoms with E-state index >= 15 is 0 Å². The molecule has 0 aliphatic carbocycles. The molecule has 1 aromatic rings. The number of hydrogen-bond donors (Lipinski definition) is 2. The van der Waals surface area contributed by atoms with Crippen molar-refractivity contribution in [2.75, 3.05) is 11.5 Å². The molecule has 1 rings (SSSR count). The monoisotopic (exact) mass is 389 g/mol. The molecule has 0 aromatic heterocycles. The Morgan fingerprint density at radius 3 is 2.65 bits per heavy atom. The summed E-state index contributed by atoms with van der Waals surface area (Å²) in [6, 6.07) is 6.37. The largest absolute Gasteiger partial charge is 0.399 e. The van der Waals surface area contributed by atoms with E-state index in [1.54, 1.807) is 40.8 Å². The summed E-state index contributed by atoms with van der Waals surface area (Å²) >= 11 is 7.52. The summed E-state index contributed by atoms with van der Waals surface area (Å²) in [5, 5.41) is 10.1. The zero-order valence-electron chi connectivity index (χ0n) is 9.10. The molecule has 0 spiro atoms. The van der Waals surface area contributed by atoms with Crippen molar-refractivity contribution in [1.82, 2.24) is 0 Å². The number of alkyl halides is 2. The van der Waals surface area contributed by atoms with Gasteiger partial charge >= 0.3 is 0 Å². The molecule has 4 nitrogen and oxygen atoms in total. The van der Waals surface area contributed by atoms with Crippen LogP contribution in [0.1, 0.15) is 18.6 Å². The molecule has 17 heavy (non-hydrogen) atoms. The van der Waals surface area contributed by atoms with Crippen LogP contribution in [0.25, 0.3) is 0 Å². The Bertz CT molecular complexity index is 504. The highest BCUT2D eigenvalue weighted by molar-refractivity contribution is 14.1. The van der Waals surface area contributed by atoms with Gasteiger partial charge in [0.2, 0.25) is 2.21 Å². The van der Waals surface area contributed by atoms with Crippen molar-refractivity contribution in [2.45, 2.75) is 15.2 Å². The fourth-order valence-electron chi connectivity index (χ4n) is 1.29. The fourth-order valence-corrected chi connectivity index (χ4v) is 3.89. The number of benzene rings is 1. The van der Waals surface area contributed by atoms with E-state index < -0.39 is 18.2 Å². The van der Waals surface area contributed by atoms with Gasteiger partial charge in [-0.3, -0.25) is 0 Å². The molecule has 1 aromatic carbocycles. The Labute approximate surface area is 119 Å². The highest BCUT2D eigenvalue weighted by Crippen LogP contribution is 2.43. The minimum Gasteiger partial charge on any atom is -0.399 e. The third-order valence-corrected chi connectivity index (χ3v) is 7.67. The van der Waals surface area contributed by atoms with Gasteiger partial charge in [0.15, 0.2) is 9.84 Å². The molecule has 96 valence electrons. The van der Waals surface area contributed by atoms with Crippen LogP contribution in [0, 0.1) is 0 Å². The molecular weight excluding hydrogens is 377 g/mol. The molecule has 0 bridgehead atoms. The van der Waals surface area contributed by atoms with Gasteiger partial charge < -0.3 is 10.8 Å². The number of nitrogen functional groups attached to an aromatic ring is 1. The number of aliphatic hydroxyl groups excluding tert-OH is 1. The van der Waals surface area contributed by atoms with E-state index in [2.05, 4.69) is 0 Å². The fraction of sp³-hybridized carbons (Fsp3) is 0.400. The molecule has 7 heteroatoms. The summed E-state index contributed by atoms with van der Waals surface area (Å²) in [6.45, 7) is 1.48. The van der Waals surface area contributed by atoms with Gasteiger partial charge in [-0.15, -0.1) is 0 Å². The van der Waals surface area contributed by atoms with Crippen LogP contribution < -0.4 is 5.73 Å². The number of anilines is 1. The van der Waals surface area contributed by atoms with Crippen LogP contribution in [0.3, 0.4) is 0 Å². The Balaban J connectivity index is 3.17. The quantitative estimate of drug-likeness (QED) is 0.469. The maximum absolute atomic E-state index is 11.8. The second kappa shape index (κ2) is 5.29. The Hall–Kier alpha value is -0.0500. The van der Waals surface area contributed by atoms with Crippen molar-refractivity contribution in [1.29, 1.82) is 0 Å². The van der Waals surface area contributed by atoms with Crippen molar-refractivity contribution < 1.29 is 13.5 Å². The Morgan fingerprint density at radius 1 is 1.59 bits per heavy atom. The van der Waals surface area contributed by atoms with Gasteiger partial charge in [-0.1, -0.05) is 30.7 Å². The van der Waals surface area contributed by atoms with Crippen molar-refractivity contribution in [3.63, 3.8) is 0 Å². The van der Waals surface area contributed by atoms with E-state index in [0.29, 0.717) is 11.3 Å². The summed E-state index contributed by atoms with van der Waals surface area (Å²) in [6.07, 6.45) is -1.33. The van der Waals surface area contributed by atoms with Crippen molar-refractivity contribution in [3.05, 3.63) is 29.8 Å². The topological polar surface area (TPSA) is 80.4 Å². The van der Waals surface area contributed by atoms with E-state index in [1.807, 2.05) is 0 Å². The maximum atomic E-state index is 11.8. The van der Waals surface area contributed by atoms with Crippen LogP contribution in [0.15, 0.2) is 24.3 Å². The highest BCUT2D eigenvalue weighted by atomic mass is 127. The van der Waals surface area contributed by atoms with E-state index in [0.717, 1.165) is 0 Å². The number of halogens is 2. The van der Waals surface area contributed by atoms with Gasteiger partial charge in [-0.25, -0.2) is 8.42 Å². The third kappa shape index (κ3) is 3.04. The molecule has 3 N–H and O–H groups in total. The summed E-state index contributed by atoms with van der Waals surface area (Å²) in [5.74, 6) is -0.140. The molecule has 2 atom stereocenters. The third-order valence-electron chi connectivity index (χ3n) is 2.34. The van der Waals surface area contributed by atoms with Crippen LogP contribution in [0.4, 0.5) is 5.69 Å². The van der Waals surface area contributed by atoms with Crippen LogP contribution in [0.5, 0.6) is 0 Å². The van der Waals surface area contributed by atoms with E-state index in [4.69, 9.17) is 17.3 Å². The number of aliphatic hydroxyl groups is 1. The number of nitrogens with two attached hydrogens (primary N) is 1. The first kappa shape index (κ1) is 15.0. The maximum Gasteiger partial charge on any atom is 0.225 e. The lowest BCUT2D eigenvalue weighted by atomic mass is 10.1. The minimum atomic E-state index is -3.60. The SMILES string of the molecule is CCS(=O)(=O)[C@](Cl)(I)[C@@H](O)c1cccc(N)c1. The molecule has 0 saturated heterocycles. The van der Waals surface area contributed by atoms with Crippen molar-refractivity contribution >= 4 is 49.7 Å². The van der Waals surface area contributed by atoms with Gasteiger partial charge in [-0.05, 0) is 40.3 Å². The van der Waals surface area contributed by atoms with Crippen LogP contribution in [0.2, 0.25) is 0 Å². The first-order valence-electron chi connectivity index (χ1n) is 4.86. The molecule has 0 aliphatic heterocycles. The molecule has 0 radical (unpaired) electrons. The minimum absolute atomic E-state index is 0.140. The van der Waals surface area contributed by atoms with Gasteiger partial charge in [-0.2, -0.15) is 0 Å². The zero-order chi connectivity index (χ0) is 13.3. The van der Waals surface area contributed by atoms with E-state index in [-0.39, 0.29) is 5.75 Å². The molecule has 0 unspecified atom stereocenters. The summed E-state index contributed by atoms with van der Waals surface area (Å²) < 4.78 is 21.8. The lowest BCUT2D eigenvalue weighted by Crippen LogP contribution is -2.34. The van der Waals surface area contributed by atoms with E-state index in [9.17, 15) is 13.5 Å². The number of sulfone groups is 1. The Kier molecular flexibility index (Phi) is 4.67. The summed E-state index contributed by atoms with van der Waals surface area (Å²) in [7, 11) is -3.60. The van der Waals surface area contributed by atoms with Crippen molar-refractivity contribution in [2.24, 2.45) is 0 Å². The predicted octanol–water partition coefficient (Wildman–Crippen LogP) is 2.06. The molecule has 0 amide bonds. The smallest absolute Gasteiger partial charge is 0.225 e. The van der Waals surface area contributed by atoms with Gasteiger partial charge in [0, 0.05) is 5.69 Å². The summed E-state index contributed by atoms with van der Waals surface area (Å²) in [4.78, 5) is 0. The number of hydrogen-bond acceptors (Lipinski definition) is 4. The second-order valence-corrected chi connectivity index (χ2v) is 9.88. The van der Waals surface area contributed by atoms with Crippen LogP contribution in [-0.4, -0.2) is 21.5 Å². The van der Waals surface area contributed by atoms with Crippen LogP contribution >= 0.6 is 34.2 Å². The molecular formula is C10H13ClINO3S. The van der Waals surface area contributed by atoms with Gasteiger partial charge in [0.25, 0.3) is 0 Å². The standard InChI is InChI=1S/C10H13ClINO3S/c1-2-17(15,16)10(11,12)9(14)7-4-3-5-8(13)6-7/h3-6,9,14H,2,13H2,1H3/t9-,10+/m0/s1. The van der Waals surface area contributed by atoms with Gasteiger partial charge in [0.05, 0.1) is 5.75 Å². The highest BCUT2D eigenvalue weighted by Gasteiger charge is 2.45. The second-order valence-electron chi connectivity index (χ2n) is 3.54. The zero-order valence-corrected chi connectivity index (χ0v) is 12.8. The predicted molar refractivity (Wildman–Crippen MR) is 77.9 cm³/mol. The Morgan fingerprint density at radius 2 is 2.18 bits per heavy atom. The molecule has 0 fully saturated rings. The lowest BCUT2D eigenvalue weighted by Gasteiger charge is -2.26. The van der Waals surface area contributed by atoms with Gasteiger partial charge in [0.1, 0.15) is 6.10 Å². The summed E-state index contributed by atoms with van der Waals surface area (Å²) in [5.41, 5.74) is 6.40. The normalized spacial score (nSPS) is 17.4.